The van der Waals surface area contributed by atoms with Gasteiger partial charge in [0.15, 0.2) is 5.96 Å². The molecule has 1 aromatic carbocycles. The lowest BCUT2D eigenvalue weighted by Crippen LogP contribution is -2.52. The van der Waals surface area contributed by atoms with E-state index in [-0.39, 0.29) is 0 Å². The number of anilines is 1. The first-order valence-corrected chi connectivity index (χ1v) is 11.9. The first-order chi connectivity index (χ1) is 15.8. The van der Waals surface area contributed by atoms with Crippen molar-refractivity contribution in [3.05, 3.63) is 54.4 Å². The predicted octanol–water partition coefficient (Wildman–Crippen LogP) is 1.38. The standard InChI is InChI=1S/C24H36N8/c1-2-25-23(31-19-15-30(16-20-31)21-22-7-4-3-5-8-22)28-11-12-29-13-17-32(18-14-29)24-26-9-6-10-27-24/h3-10H,2,11-21H2,1H3,(H,25,28). The van der Waals surface area contributed by atoms with Gasteiger partial charge < -0.3 is 15.1 Å². The number of rotatable bonds is 7. The van der Waals surface area contributed by atoms with Gasteiger partial charge >= 0.3 is 0 Å². The summed E-state index contributed by atoms with van der Waals surface area (Å²) in [5.41, 5.74) is 1.39. The zero-order valence-electron chi connectivity index (χ0n) is 19.2. The highest BCUT2D eigenvalue weighted by atomic mass is 15.4. The lowest BCUT2D eigenvalue weighted by atomic mass is 10.2. The fraction of sp³-hybridized carbons (Fsp3) is 0.542. The fourth-order valence-corrected chi connectivity index (χ4v) is 4.31. The molecule has 2 aromatic rings. The molecule has 2 saturated heterocycles. The van der Waals surface area contributed by atoms with Crippen LogP contribution in [0.2, 0.25) is 0 Å². The summed E-state index contributed by atoms with van der Waals surface area (Å²) in [4.78, 5) is 23.4. The van der Waals surface area contributed by atoms with E-state index in [2.05, 4.69) is 72.1 Å². The minimum absolute atomic E-state index is 0.828. The zero-order valence-corrected chi connectivity index (χ0v) is 19.2. The van der Waals surface area contributed by atoms with Crippen LogP contribution in [0.4, 0.5) is 5.95 Å². The van der Waals surface area contributed by atoms with Crippen LogP contribution < -0.4 is 10.2 Å². The van der Waals surface area contributed by atoms with Gasteiger partial charge in [-0.15, -0.1) is 0 Å². The Kier molecular flexibility index (Phi) is 8.28. The van der Waals surface area contributed by atoms with Crippen molar-refractivity contribution in [3.63, 3.8) is 0 Å². The van der Waals surface area contributed by atoms with Gasteiger partial charge in [0.2, 0.25) is 5.95 Å². The lowest BCUT2D eigenvalue weighted by Gasteiger charge is -2.37. The molecule has 0 spiro atoms. The third-order valence-electron chi connectivity index (χ3n) is 6.14. The van der Waals surface area contributed by atoms with Crippen molar-refractivity contribution in [3.8, 4) is 0 Å². The number of nitrogens with zero attached hydrogens (tertiary/aromatic N) is 7. The molecule has 32 heavy (non-hydrogen) atoms. The zero-order chi connectivity index (χ0) is 22.0. The van der Waals surface area contributed by atoms with Crippen LogP contribution in [0.5, 0.6) is 0 Å². The van der Waals surface area contributed by atoms with Crippen LogP contribution in [0.15, 0.2) is 53.8 Å². The van der Waals surface area contributed by atoms with E-state index in [1.807, 2.05) is 18.5 Å². The van der Waals surface area contributed by atoms with Crippen LogP contribution in [-0.4, -0.2) is 103 Å². The molecule has 8 nitrogen and oxygen atoms in total. The summed E-state index contributed by atoms with van der Waals surface area (Å²) < 4.78 is 0. The normalized spacial score (nSPS) is 18.7. The molecule has 3 heterocycles. The maximum atomic E-state index is 4.95. The van der Waals surface area contributed by atoms with Crippen LogP contribution in [0, 0.1) is 0 Å². The summed E-state index contributed by atoms with van der Waals surface area (Å²) in [7, 11) is 0. The predicted molar refractivity (Wildman–Crippen MR) is 130 cm³/mol. The summed E-state index contributed by atoms with van der Waals surface area (Å²) in [5.74, 6) is 1.90. The molecule has 0 unspecified atom stereocenters. The molecule has 1 aromatic heterocycles. The Bertz CT molecular complexity index is 812. The van der Waals surface area contributed by atoms with Gasteiger partial charge in [-0.3, -0.25) is 14.8 Å². The van der Waals surface area contributed by atoms with Crippen molar-refractivity contribution in [2.45, 2.75) is 13.5 Å². The molecule has 0 saturated carbocycles. The van der Waals surface area contributed by atoms with E-state index >= 15 is 0 Å². The van der Waals surface area contributed by atoms with Gasteiger partial charge in [-0.1, -0.05) is 30.3 Å². The summed E-state index contributed by atoms with van der Waals surface area (Å²) in [6.07, 6.45) is 3.63. The first-order valence-electron chi connectivity index (χ1n) is 11.9. The minimum Gasteiger partial charge on any atom is -0.357 e. The van der Waals surface area contributed by atoms with Crippen molar-refractivity contribution in [1.29, 1.82) is 0 Å². The van der Waals surface area contributed by atoms with Crippen LogP contribution in [0.25, 0.3) is 0 Å². The average molecular weight is 437 g/mol. The van der Waals surface area contributed by atoms with E-state index in [0.717, 1.165) is 90.4 Å². The van der Waals surface area contributed by atoms with E-state index in [4.69, 9.17) is 4.99 Å². The molecular formula is C24H36N8. The van der Waals surface area contributed by atoms with Gasteiger partial charge in [-0.2, -0.15) is 0 Å². The monoisotopic (exact) mass is 436 g/mol. The Morgan fingerprint density at radius 1 is 0.875 bits per heavy atom. The molecule has 0 atom stereocenters. The van der Waals surface area contributed by atoms with E-state index in [1.54, 1.807) is 0 Å². The summed E-state index contributed by atoms with van der Waals surface area (Å²) in [5, 5.41) is 3.50. The first kappa shape index (κ1) is 22.5. The Morgan fingerprint density at radius 2 is 1.56 bits per heavy atom. The molecule has 4 rings (SSSR count). The molecule has 0 radical (unpaired) electrons. The molecule has 2 aliphatic heterocycles. The highest BCUT2D eigenvalue weighted by molar-refractivity contribution is 5.80. The van der Waals surface area contributed by atoms with Gasteiger partial charge in [0, 0.05) is 84.4 Å². The SMILES string of the molecule is CCNC(=NCCN1CCN(c2ncccn2)CC1)N1CCN(Cc2ccccc2)CC1. The maximum Gasteiger partial charge on any atom is 0.225 e. The molecule has 2 fully saturated rings. The van der Waals surface area contributed by atoms with Crippen molar-refractivity contribution in [2.75, 3.05) is 76.9 Å². The largest absolute Gasteiger partial charge is 0.357 e. The van der Waals surface area contributed by atoms with Gasteiger partial charge in [-0.25, -0.2) is 9.97 Å². The van der Waals surface area contributed by atoms with Crippen molar-refractivity contribution >= 4 is 11.9 Å². The van der Waals surface area contributed by atoms with Gasteiger partial charge in [-0.05, 0) is 18.6 Å². The number of guanidine groups is 1. The summed E-state index contributed by atoms with van der Waals surface area (Å²) in [6, 6.07) is 12.6. The van der Waals surface area contributed by atoms with Crippen LogP contribution in [0.3, 0.4) is 0 Å². The Labute approximate surface area is 192 Å². The van der Waals surface area contributed by atoms with E-state index in [9.17, 15) is 0 Å². The molecule has 2 aliphatic rings. The minimum atomic E-state index is 0.828. The quantitative estimate of drug-likeness (QED) is 0.520. The van der Waals surface area contributed by atoms with Gasteiger partial charge in [0.25, 0.3) is 0 Å². The van der Waals surface area contributed by atoms with Crippen LogP contribution in [-0.2, 0) is 6.54 Å². The molecule has 0 bridgehead atoms. The summed E-state index contributed by atoms with van der Waals surface area (Å²) >= 11 is 0. The third-order valence-corrected chi connectivity index (χ3v) is 6.14. The number of piperazine rings is 2. The van der Waals surface area contributed by atoms with Gasteiger partial charge in [0.1, 0.15) is 0 Å². The van der Waals surface area contributed by atoms with Gasteiger partial charge in [0.05, 0.1) is 6.54 Å². The Hall–Kier alpha value is -2.71. The van der Waals surface area contributed by atoms with Crippen molar-refractivity contribution in [2.24, 2.45) is 4.99 Å². The average Bonchev–Trinajstić information content (AvgIpc) is 2.86. The molecule has 0 aliphatic carbocycles. The topological polar surface area (TPSA) is 63.1 Å². The Morgan fingerprint density at radius 3 is 2.25 bits per heavy atom. The molecular weight excluding hydrogens is 400 g/mol. The number of nitrogens with one attached hydrogen (secondary N) is 1. The smallest absolute Gasteiger partial charge is 0.225 e. The number of aliphatic imine (C=N–C) groups is 1. The second kappa shape index (κ2) is 11.8. The van der Waals surface area contributed by atoms with E-state index in [0.29, 0.717) is 0 Å². The number of aromatic nitrogens is 2. The fourth-order valence-electron chi connectivity index (χ4n) is 4.31. The number of hydrogen-bond donors (Lipinski definition) is 1. The molecule has 8 heteroatoms. The van der Waals surface area contributed by atoms with Crippen LogP contribution >= 0.6 is 0 Å². The van der Waals surface area contributed by atoms with Crippen LogP contribution in [0.1, 0.15) is 12.5 Å². The van der Waals surface area contributed by atoms with E-state index in [1.165, 1.54) is 5.56 Å². The second-order valence-corrected chi connectivity index (χ2v) is 8.36. The highest BCUT2D eigenvalue weighted by Crippen LogP contribution is 2.10. The van der Waals surface area contributed by atoms with Crippen molar-refractivity contribution in [1.82, 2.24) is 30.0 Å². The molecule has 172 valence electrons. The maximum absolute atomic E-state index is 4.95. The number of hydrogen-bond acceptors (Lipinski definition) is 6. The van der Waals surface area contributed by atoms with E-state index < -0.39 is 0 Å². The lowest BCUT2D eigenvalue weighted by molar-refractivity contribution is 0.172. The third kappa shape index (κ3) is 6.40. The second-order valence-electron chi connectivity index (χ2n) is 8.36. The van der Waals surface area contributed by atoms with Crippen molar-refractivity contribution < 1.29 is 0 Å². The Balaban J connectivity index is 1.21. The molecule has 1 N–H and O–H groups in total. The number of benzene rings is 1. The summed E-state index contributed by atoms with van der Waals surface area (Å²) in [6.45, 7) is 14.1. The molecule has 0 amide bonds. The highest BCUT2D eigenvalue weighted by Gasteiger charge is 2.21.